The number of unbranched alkanes of at least 4 members (excludes halogenated alkanes) is 15. The number of carbonyl (C=O) groups is 2. The fourth-order valence-electron chi connectivity index (χ4n) is 3.13. The predicted octanol–water partition coefficient (Wildman–Crippen LogP) is 6.82. The smallest absolute Gasteiger partial charge is 0.330 e. The molecule has 0 rings (SSSR count). The average molecular weight is 383 g/mol. The summed E-state index contributed by atoms with van der Waals surface area (Å²) in [6, 6.07) is 0. The highest BCUT2D eigenvalue weighted by atomic mass is 16.5. The summed E-state index contributed by atoms with van der Waals surface area (Å²) in [7, 11) is 0. The summed E-state index contributed by atoms with van der Waals surface area (Å²) in [6.45, 7) is 2.69. The SMILES string of the molecule is CCCCCCCCCCCCCCCCCCOC(=O)C=CCC(=O)O. The highest BCUT2D eigenvalue weighted by Gasteiger charge is 1.98. The second-order valence-corrected chi connectivity index (χ2v) is 7.47. The van der Waals surface area contributed by atoms with Gasteiger partial charge in [-0.15, -0.1) is 0 Å². The molecule has 0 heterocycles. The van der Waals surface area contributed by atoms with Gasteiger partial charge in [0.2, 0.25) is 0 Å². The zero-order valence-corrected chi connectivity index (χ0v) is 17.6. The highest BCUT2D eigenvalue weighted by molar-refractivity contribution is 5.82. The molecule has 0 saturated carbocycles. The summed E-state index contributed by atoms with van der Waals surface area (Å²) in [5.74, 6) is -1.39. The molecule has 0 aliphatic heterocycles. The molecular formula is C23H42O4. The van der Waals surface area contributed by atoms with Crippen LogP contribution in [0.5, 0.6) is 0 Å². The number of hydrogen-bond acceptors (Lipinski definition) is 3. The van der Waals surface area contributed by atoms with E-state index in [1.807, 2.05) is 0 Å². The van der Waals surface area contributed by atoms with Crippen molar-refractivity contribution in [3.63, 3.8) is 0 Å². The van der Waals surface area contributed by atoms with Gasteiger partial charge in [0.05, 0.1) is 13.0 Å². The minimum atomic E-state index is -0.947. The van der Waals surface area contributed by atoms with Gasteiger partial charge < -0.3 is 9.84 Å². The summed E-state index contributed by atoms with van der Waals surface area (Å²) < 4.78 is 5.02. The van der Waals surface area contributed by atoms with E-state index in [9.17, 15) is 9.59 Å². The maximum absolute atomic E-state index is 11.3. The molecule has 0 aromatic carbocycles. The van der Waals surface area contributed by atoms with Crippen molar-refractivity contribution in [2.45, 2.75) is 116 Å². The van der Waals surface area contributed by atoms with Gasteiger partial charge in [0.25, 0.3) is 0 Å². The Hall–Kier alpha value is -1.32. The van der Waals surface area contributed by atoms with Crippen molar-refractivity contribution in [1.29, 1.82) is 0 Å². The Morgan fingerprint density at radius 1 is 0.704 bits per heavy atom. The number of ether oxygens (including phenoxy) is 1. The molecule has 158 valence electrons. The molecule has 0 saturated heterocycles. The minimum absolute atomic E-state index is 0.145. The van der Waals surface area contributed by atoms with E-state index in [2.05, 4.69) is 6.92 Å². The summed E-state index contributed by atoms with van der Waals surface area (Å²) in [4.78, 5) is 21.6. The fourth-order valence-corrected chi connectivity index (χ4v) is 3.13. The molecule has 0 aliphatic rings. The van der Waals surface area contributed by atoms with Crippen molar-refractivity contribution in [3.05, 3.63) is 12.2 Å². The summed E-state index contributed by atoms with van der Waals surface area (Å²) in [6.07, 6.45) is 23.5. The molecule has 4 nitrogen and oxygen atoms in total. The number of aliphatic carboxylic acids is 1. The molecule has 0 amide bonds. The molecule has 0 aromatic heterocycles. The largest absolute Gasteiger partial charge is 0.481 e. The number of hydrogen-bond donors (Lipinski definition) is 1. The number of carboxylic acids is 1. The molecule has 0 radical (unpaired) electrons. The van der Waals surface area contributed by atoms with Crippen molar-refractivity contribution in [2.75, 3.05) is 6.61 Å². The average Bonchev–Trinajstić information content (AvgIpc) is 2.64. The van der Waals surface area contributed by atoms with Crippen LogP contribution < -0.4 is 0 Å². The summed E-state index contributed by atoms with van der Waals surface area (Å²) >= 11 is 0. The van der Waals surface area contributed by atoms with Crippen LogP contribution in [0.3, 0.4) is 0 Å². The zero-order valence-electron chi connectivity index (χ0n) is 17.6. The molecule has 0 fully saturated rings. The van der Waals surface area contributed by atoms with E-state index in [0.717, 1.165) is 12.8 Å². The van der Waals surface area contributed by atoms with E-state index >= 15 is 0 Å². The standard InChI is InChI=1S/C23H42O4/c1-2-3-4-5-6-7-8-9-10-11-12-13-14-15-16-17-21-27-23(26)20-18-19-22(24)25/h18,20H,2-17,19,21H2,1H3,(H,24,25). The monoisotopic (exact) mass is 382 g/mol. The lowest BCUT2D eigenvalue weighted by atomic mass is 10.0. The molecule has 4 heteroatoms. The van der Waals surface area contributed by atoms with Crippen LogP contribution in [0.4, 0.5) is 0 Å². The Balaban J connectivity index is 3.15. The molecular weight excluding hydrogens is 340 g/mol. The van der Waals surface area contributed by atoms with E-state index < -0.39 is 11.9 Å². The molecule has 0 spiro atoms. The van der Waals surface area contributed by atoms with Crippen LogP contribution in [-0.4, -0.2) is 23.7 Å². The second kappa shape index (κ2) is 21.0. The maximum Gasteiger partial charge on any atom is 0.330 e. The number of esters is 1. The lowest BCUT2D eigenvalue weighted by molar-refractivity contribution is -0.137. The Morgan fingerprint density at radius 3 is 1.52 bits per heavy atom. The van der Waals surface area contributed by atoms with Crippen LogP contribution in [0.2, 0.25) is 0 Å². The molecule has 27 heavy (non-hydrogen) atoms. The van der Waals surface area contributed by atoms with Crippen LogP contribution >= 0.6 is 0 Å². The van der Waals surface area contributed by atoms with Crippen LogP contribution in [0, 0.1) is 0 Å². The van der Waals surface area contributed by atoms with Crippen molar-refractivity contribution in [1.82, 2.24) is 0 Å². The van der Waals surface area contributed by atoms with E-state index in [0.29, 0.717) is 6.61 Å². The summed E-state index contributed by atoms with van der Waals surface area (Å²) in [5.41, 5.74) is 0. The van der Waals surface area contributed by atoms with Crippen molar-refractivity contribution < 1.29 is 19.4 Å². The topological polar surface area (TPSA) is 63.6 Å². The highest BCUT2D eigenvalue weighted by Crippen LogP contribution is 2.13. The van der Waals surface area contributed by atoms with Crippen LogP contribution in [0.15, 0.2) is 12.2 Å². The number of carbonyl (C=O) groups excluding carboxylic acids is 1. The van der Waals surface area contributed by atoms with Crippen LogP contribution in [0.1, 0.15) is 116 Å². The van der Waals surface area contributed by atoms with E-state index in [4.69, 9.17) is 9.84 Å². The lowest BCUT2D eigenvalue weighted by Gasteiger charge is -2.04. The first-order valence-corrected chi connectivity index (χ1v) is 11.2. The maximum atomic E-state index is 11.3. The van der Waals surface area contributed by atoms with Crippen LogP contribution in [-0.2, 0) is 14.3 Å². The Kier molecular flexibility index (Phi) is 20.0. The third kappa shape index (κ3) is 22.6. The van der Waals surface area contributed by atoms with Gasteiger partial charge in [0.1, 0.15) is 0 Å². The van der Waals surface area contributed by atoms with Gasteiger partial charge in [-0.05, 0) is 6.42 Å². The first-order valence-electron chi connectivity index (χ1n) is 11.2. The van der Waals surface area contributed by atoms with Gasteiger partial charge in [-0.3, -0.25) is 4.79 Å². The van der Waals surface area contributed by atoms with E-state index in [-0.39, 0.29) is 6.42 Å². The fraction of sp³-hybridized carbons (Fsp3) is 0.826. The predicted molar refractivity (Wildman–Crippen MR) is 112 cm³/mol. The van der Waals surface area contributed by atoms with Gasteiger partial charge in [-0.1, -0.05) is 109 Å². The Bertz CT molecular complexity index is 377. The first kappa shape index (κ1) is 25.7. The Labute approximate surface area is 166 Å². The quantitative estimate of drug-likeness (QED) is 0.142. The summed E-state index contributed by atoms with van der Waals surface area (Å²) in [5, 5.41) is 8.46. The third-order valence-electron chi connectivity index (χ3n) is 4.79. The number of rotatable bonds is 20. The van der Waals surface area contributed by atoms with Gasteiger partial charge in [0.15, 0.2) is 0 Å². The normalized spacial score (nSPS) is 11.1. The van der Waals surface area contributed by atoms with Crippen molar-refractivity contribution in [3.8, 4) is 0 Å². The molecule has 0 unspecified atom stereocenters. The molecule has 0 aromatic rings. The zero-order chi connectivity index (χ0) is 20.0. The molecule has 0 aliphatic carbocycles. The van der Waals surface area contributed by atoms with Gasteiger partial charge in [-0.2, -0.15) is 0 Å². The second-order valence-electron chi connectivity index (χ2n) is 7.47. The lowest BCUT2D eigenvalue weighted by Crippen LogP contribution is -2.02. The molecule has 0 atom stereocenters. The third-order valence-corrected chi connectivity index (χ3v) is 4.79. The van der Waals surface area contributed by atoms with Gasteiger partial charge in [-0.25, -0.2) is 4.79 Å². The van der Waals surface area contributed by atoms with E-state index in [1.165, 1.54) is 102 Å². The van der Waals surface area contributed by atoms with E-state index in [1.54, 1.807) is 0 Å². The Morgan fingerprint density at radius 2 is 1.11 bits per heavy atom. The van der Waals surface area contributed by atoms with Gasteiger partial charge in [0, 0.05) is 6.08 Å². The van der Waals surface area contributed by atoms with Crippen molar-refractivity contribution >= 4 is 11.9 Å². The van der Waals surface area contributed by atoms with Crippen LogP contribution in [0.25, 0.3) is 0 Å². The first-order chi connectivity index (χ1) is 13.2. The van der Waals surface area contributed by atoms with Crippen molar-refractivity contribution in [2.24, 2.45) is 0 Å². The minimum Gasteiger partial charge on any atom is -0.481 e. The van der Waals surface area contributed by atoms with Gasteiger partial charge >= 0.3 is 11.9 Å². The molecule has 1 N–H and O–H groups in total. The number of carboxylic acid groups (broad SMARTS) is 1. The molecule has 0 bridgehead atoms.